The molecule has 0 saturated carbocycles. The number of ether oxygens (including phenoxy) is 1. The van der Waals surface area contributed by atoms with Gasteiger partial charge in [-0.2, -0.15) is 0 Å². The van der Waals surface area contributed by atoms with Crippen molar-refractivity contribution in [2.75, 3.05) is 11.9 Å². The van der Waals surface area contributed by atoms with E-state index >= 15 is 0 Å². The summed E-state index contributed by atoms with van der Waals surface area (Å²) in [5.74, 6) is 0.401. The van der Waals surface area contributed by atoms with E-state index < -0.39 is 0 Å². The lowest BCUT2D eigenvalue weighted by atomic mass is 10.1. The van der Waals surface area contributed by atoms with Gasteiger partial charge in [0.2, 0.25) is 5.88 Å². The van der Waals surface area contributed by atoms with Gasteiger partial charge in [0.1, 0.15) is 17.0 Å². The standard InChI is InChI=1S/C15H14BrFN2O/c1-9-8-20-15-13(18-9)7-11(14(16)19-15)6-10-2-4-12(17)5-3-10/h2-5,7,9,18H,6,8H2,1H3/t9-/m0/s1. The van der Waals surface area contributed by atoms with Gasteiger partial charge in [-0.1, -0.05) is 12.1 Å². The van der Waals surface area contributed by atoms with Crippen molar-refractivity contribution < 1.29 is 9.13 Å². The highest BCUT2D eigenvalue weighted by molar-refractivity contribution is 9.10. The van der Waals surface area contributed by atoms with Crippen molar-refractivity contribution in [2.45, 2.75) is 19.4 Å². The predicted octanol–water partition coefficient (Wildman–Crippen LogP) is 3.77. The minimum Gasteiger partial charge on any atom is -0.474 e. The SMILES string of the molecule is C[C@H]1COc2nc(Br)c(Cc3ccc(F)cc3)cc2N1. The van der Waals surface area contributed by atoms with Crippen LogP contribution >= 0.6 is 15.9 Å². The van der Waals surface area contributed by atoms with Crippen LogP contribution in [0.5, 0.6) is 5.88 Å². The second-order valence-electron chi connectivity index (χ2n) is 4.95. The average Bonchev–Trinajstić information content (AvgIpc) is 2.42. The highest BCUT2D eigenvalue weighted by atomic mass is 79.9. The molecule has 0 spiro atoms. The number of pyridine rings is 1. The summed E-state index contributed by atoms with van der Waals surface area (Å²) in [6.07, 6.45) is 0.692. The lowest BCUT2D eigenvalue weighted by Gasteiger charge is -2.24. The lowest BCUT2D eigenvalue weighted by Crippen LogP contribution is -2.29. The summed E-state index contributed by atoms with van der Waals surface area (Å²) < 4.78 is 19.3. The topological polar surface area (TPSA) is 34.1 Å². The number of fused-ring (bicyclic) bond motifs is 1. The molecule has 0 bridgehead atoms. The number of aromatic nitrogens is 1. The Hall–Kier alpha value is -1.62. The quantitative estimate of drug-likeness (QED) is 0.847. The van der Waals surface area contributed by atoms with Crippen molar-refractivity contribution in [3.63, 3.8) is 0 Å². The molecule has 1 N–H and O–H groups in total. The fraction of sp³-hybridized carbons (Fsp3) is 0.267. The Balaban J connectivity index is 1.89. The molecule has 3 nitrogen and oxygen atoms in total. The number of nitrogens with zero attached hydrogens (tertiary/aromatic N) is 1. The van der Waals surface area contributed by atoms with Gasteiger partial charge in [0, 0.05) is 6.42 Å². The molecular formula is C15H14BrFN2O. The summed E-state index contributed by atoms with van der Waals surface area (Å²) in [7, 11) is 0. The van der Waals surface area contributed by atoms with E-state index in [0.29, 0.717) is 18.9 Å². The molecule has 1 aromatic carbocycles. The van der Waals surface area contributed by atoms with E-state index in [4.69, 9.17) is 4.74 Å². The van der Waals surface area contributed by atoms with E-state index in [1.54, 1.807) is 12.1 Å². The molecule has 0 aliphatic carbocycles. The summed E-state index contributed by atoms with van der Waals surface area (Å²) >= 11 is 3.47. The minimum atomic E-state index is -0.222. The molecule has 1 aliphatic heterocycles. The number of hydrogen-bond acceptors (Lipinski definition) is 3. The van der Waals surface area contributed by atoms with Crippen LogP contribution in [0.15, 0.2) is 34.9 Å². The summed E-state index contributed by atoms with van der Waals surface area (Å²) in [5.41, 5.74) is 2.99. The van der Waals surface area contributed by atoms with Gasteiger partial charge in [0.05, 0.1) is 11.7 Å². The molecule has 20 heavy (non-hydrogen) atoms. The Morgan fingerprint density at radius 3 is 2.90 bits per heavy atom. The third-order valence-corrected chi connectivity index (χ3v) is 3.88. The summed E-state index contributed by atoms with van der Waals surface area (Å²) in [6.45, 7) is 2.67. The highest BCUT2D eigenvalue weighted by Gasteiger charge is 2.18. The molecule has 0 fully saturated rings. The maximum atomic E-state index is 12.9. The van der Waals surface area contributed by atoms with Gasteiger partial charge in [0.25, 0.3) is 0 Å². The van der Waals surface area contributed by atoms with Gasteiger partial charge < -0.3 is 10.1 Å². The monoisotopic (exact) mass is 336 g/mol. The number of halogens is 2. The van der Waals surface area contributed by atoms with Crippen LogP contribution in [0.25, 0.3) is 0 Å². The van der Waals surface area contributed by atoms with Gasteiger partial charge in [-0.05, 0) is 52.2 Å². The molecule has 0 amide bonds. The van der Waals surface area contributed by atoms with Gasteiger partial charge in [-0.25, -0.2) is 9.37 Å². The largest absolute Gasteiger partial charge is 0.474 e. The molecule has 0 unspecified atom stereocenters. The van der Waals surface area contributed by atoms with Crippen molar-refractivity contribution in [1.82, 2.24) is 4.98 Å². The fourth-order valence-corrected chi connectivity index (χ4v) is 2.60. The van der Waals surface area contributed by atoms with Gasteiger partial charge in [-0.15, -0.1) is 0 Å². The minimum absolute atomic E-state index is 0.222. The summed E-state index contributed by atoms with van der Waals surface area (Å²) in [5, 5.41) is 3.35. The van der Waals surface area contributed by atoms with Crippen molar-refractivity contribution in [2.24, 2.45) is 0 Å². The van der Waals surface area contributed by atoms with Gasteiger partial charge in [0.15, 0.2) is 0 Å². The Labute approximate surface area is 125 Å². The zero-order valence-electron chi connectivity index (χ0n) is 11.0. The maximum absolute atomic E-state index is 12.9. The first-order valence-electron chi connectivity index (χ1n) is 6.45. The predicted molar refractivity (Wildman–Crippen MR) is 79.7 cm³/mol. The number of hydrogen-bond donors (Lipinski definition) is 1. The normalized spacial score (nSPS) is 17.1. The Morgan fingerprint density at radius 1 is 1.40 bits per heavy atom. The smallest absolute Gasteiger partial charge is 0.238 e. The molecule has 0 saturated heterocycles. The molecule has 2 aromatic rings. The number of rotatable bonds is 2. The van der Waals surface area contributed by atoms with E-state index in [2.05, 4.69) is 33.2 Å². The van der Waals surface area contributed by atoms with Crippen LogP contribution in [-0.2, 0) is 6.42 Å². The fourth-order valence-electron chi connectivity index (χ4n) is 2.19. The molecule has 2 heterocycles. The molecule has 1 aliphatic rings. The van der Waals surface area contributed by atoms with Crippen LogP contribution in [-0.4, -0.2) is 17.6 Å². The first-order chi connectivity index (χ1) is 9.61. The average molecular weight is 337 g/mol. The third-order valence-electron chi connectivity index (χ3n) is 3.19. The number of anilines is 1. The zero-order chi connectivity index (χ0) is 14.1. The molecule has 5 heteroatoms. The second kappa shape index (κ2) is 5.40. The Bertz CT molecular complexity index is 631. The molecule has 3 rings (SSSR count). The van der Waals surface area contributed by atoms with E-state index in [1.165, 1.54) is 12.1 Å². The molecular weight excluding hydrogens is 323 g/mol. The first kappa shape index (κ1) is 13.4. The van der Waals surface area contributed by atoms with Crippen LogP contribution in [0, 0.1) is 5.82 Å². The van der Waals surface area contributed by atoms with Crippen LogP contribution in [0.4, 0.5) is 10.1 Å². The van der Waals surface area contributed by atoms with E-state index in [-0.39, 0.29) is 11.9 Å². The van der Waals surface area contributed by atoms with E-state index in [0.717, 1.165) is 21.4 Å². The zero-order valence-corrected chi connectivity index (χ0v) is 12.6. The van der Waals surface area contributed by atoms with Gasteiger partial charge >= 0.3 is 0 Å². The molecule has 1 atom stereocenters. The first-order valence-corrected chi connectivity index (χ1v) is 7.24. The van der Waals surface area contributed by atoms with Crippen LogP contribution in [0.2, 0.25) is 0 Å². The Morgan fingerprint density at radius 2 is 2.15 bits per heavy atom. The highest BCUT2D eigenvalue weighted by Crippen LogP contribution is 2.32. The summed E-state index contributed by atoms with van der Waals surface area (Å²) in [6, 6.07) is 8.81. The van der Waals surface area contributed by atoms with Crippen molar-refractivity contribution in [1.29, 1.82) is 0 Å². The maximum Gasteiger partial charge on any atom is 0.238 e. The Kier molecular flexibility index (Phi) is 3.61. The van der Waals surface area contributed by atoms with Crippen molar-refractivity contribution in [3.05, 3.63) is 51.9 Å². The number of nitrogens with one attached hydrogen (secondary N) is 1. The van der Waals surface area contributed by atoms with Crippen LogP contribution < -0.4 is 10.1 Å². The summed E-state index contributed by atoms with van der Waals surface area (Å²) in [4.78, 5) is 4.42. The molecule has 1 aromatic heterocycles. The van der Waals surface area contributed by atoms with Crippen molar-refractivity contribution in [3.8, 4) is 5.88 Å². The van der Waals surface area contributed by atoms with Gasteiger partial charge in [-0.3, -0.25) is 0 Å². The van der Waals surface area contributed by atoms with E-state index in [9.17, 15) is 4.39 Å². The number of benzene rings is 1. The van der Waals surface area contributed by atoms with Crippen LogP contribution in [0.3, 0.4) is 0 Å². The second-order valence-corrected chi connectivity index (χ2v) is 5.70. The third kappa shape index (κ3) is 2.77. The molecule has 104 valence electrons. The van der Waals surface area contributed by atoms with E-state index in [1.807, 2.05) is 6.07 Å². The molecule has 0 radical (unpaired) electrons. The van der Waals surface area contributed by atoms with Crippen molar-refractivity contribution >= 4 is 21.6 Å². The van der Waals surface area contributed by atoms with Crippen LogP contribution in [0.1, 0.15) is 18.1 Å². The lowest BCUT2D eigenvalue weighted by molar-refractivity contribution is 0.280.